The van der Waals surface area contributed by atoms with Crippen molar-refractivity contribution in [2.75, 3.05) is 19.5 Å². The van der Waals surface area contributed by atoms with Crippen molar-refractivity contribution in [3.05, 3.63) is 29.8 Å². The molecule has 1 N–H and O–H groups in total. The molecule has 3 nitrogen and oxygen atoms in total. The van der Waals surface area contributed by atoms with Gasteiger partial charge in [0.2, 0.25) is 5.91 Å². The van der Waals surface area contributed by atoms with Crippen molar-refractivity contribution >= 4 is 17.5 Å². The number of carbonyl (C=O) groups is 1. The summed E-state index contributed by atoms with van der Waals surface area (Å²) in [7, 11) is 1.60. The van der Waals surface area contributed by atoms with Crippen molar-refractivity contribution in [1.29, 1.82) is 0 Å². The molecular weight excluding hydrogens is 226 g/mol. The van der Waals surface area contributed by atoms with Crippen LogP contribution in [0.15, 0.2) is 24.3 Å². The molecule has 88 valence electrons. The summed E-state index contributed by atoms with van der Waals surface area (Å²) in [4.78, 5) is 11.5. The van der Waals surface area contributed by atoms with Gasteiger partial charge < -0.3 is 10.1 Å². The highest BCUT2D eigenvalue weighted by Crippen LogP contribution is 2.17. The fraction of sp³-hybridized carbons (Fsp3) is 0.417. The normalized spacial score (nSPS) is 9.88. The molecule has 0 saturated heterocycles. The number of alkyl halides is 1. The van der Waals surface area contributed by atoms with Crippen molar-refractivity contribution in [2.24, 2.45) is 0 Å². The summed E-state index contributed by atoms with van der Waals surface area (Å²) in [6.07, 6.45) is 1.13. The summed E-state index contributed by atoms with van der Waals surface area (Å²) in [6, 6.07) is 7.51. The summed E-state index contributed by atoms with van der Waals surface area (Å²) in [5.41, 5.74) is 0.897. The van der Waals surface area contributed by atoms with Crippen LogP contribution < -0.4 is 10.1 Å². The average molecular weight is 242 g/mol. The third kappa shape index (κ3) is 4.11. The molecule has 0 fully saturated rings. The molecule has 0 atom stereocenters. The molecule has 0 aliphatic carbocycles. The molecule has 0 bridgehead atoms. The first-order valence-corrected chi connectivity index (χ1v) is 5.76. The van der Waals surface area contributed by atoms with Crippen LogP contribution >= 0.6 is 11.6 Å². The van der Waals surface area contributed by atoms with Gasteiger partial charge in [-0.1, -0.05) is 18.2 Å². The van der Waals surface area contributed by atoms with Crippen LogP contribution in [0.3, 0.4) is 0 Å². The van der Waals surface area contributed by atoms with Crippen LogP contribution in [0.25, 0.3) is 0 Å². The Morgan fingerprint density at radius 1 is 1.44 bits per heavy atom. The van der Waals surface area contributed by atoms with Gasteiger partial charge in [-0.2, -0.15) is 0 Å². The van der Waals surface area contributed by atoms with Gasteiger partial charge in [0, 0.05) is 18.0 Å². The smallest absolute Gasteiger partial charge is 0.224 e. The SMILES string of the molecule is COc1ccccc1CC(=O)NCCCCl. The Morgan fingerprint density at radius 2 is 2.19 bits per heavy atom. The van der Waals surface area contributed by atoms with Crippen molar-refractivity contribution in [2.45, 2.75) is 12.8 Å². The molecule has 1 rings (SSSR count). The van der Waals surface area contributed by atoms with Gasteiger partial charge in [-0.05, 0) is 12.5 Å². The number of nitrogens with one attached hydrogen (secondary N) is 1. The fourth-order valence-electron chi connectivity index (χ4n) is 1.38. The Balaban J connectivity index is 2.49. The summed E-state index contributed by atoms with van der Waals surface area (Å²) >= 11 is 5.52. The molecule has 0 spiro atoms. The van der Waals surface area contributed by atoms with Gasteiger partial charge in [0.1, 0.15) is 5.75 Å². The highest BCUT2D eigenvalue weighted by molar-refractivity contribution is 6.17. The highest BCUT2D eigenvalue weighted by Gasteiger charge is 2.06. The number of methoxy groups -OCH3 is 1. The molecule has 0 heterocycles. The average Bonchev–Trinajstić information content (AvgIpc) is 2.30. The van der Waals surface area contributed by atoms with Crippen LogP contribution in [-0.2, 0) is 11.2 Å². The highest BCUT2D eigenvalue weighted by atomic mass is 35.5. The predicted molar refractivity (Wildman–Crippen MR) is 65.0 cm³/mol. The van der Waals surface area contributed by atoms with Crippen LogP contribution in [-0.4, -0.2) is 25.4 Å². The van der Waals surface area contributed by atoms with Crippen LogP contribution in [0.5, 0.6) is 5.75 Å². The van der Waals surface area contributed by atoms with Crippen LogP contribution in [0.1, 0.15) is 12.0 Å². The zero-order valence-corrected chi connectivity index (χ0v) is 10.1. The number of rotatable bonds is 6. The zero-order valence-electron chi connectivity index (χ0n) is 9.33. The number of carbonyl (C=O) groups excluding carboxylic acids is 1. The number of benzene rings is 1. The fourth-order valence-corrected chi connectivity index (χ4v) is 1.51. The summed E-state index contributed by atoms with van der Waals surface area (Å²) in [5.74, 6) is 1.30. The maximum absolute atomic E-state index is 11.5. The van der Waals surface area contributed by atoms with Gasteiger partial charge in [0.25, 0.3) is 0 Å². The van der Waals surface area contributed by atoms with E-state index in [1.165, 1.54) is 0 Å². The zero-order chi connectivity index (χ0) is 11.8. The Labute approximate surface area is 101 Å². The lowest BCUT2D eigenvalue weighted by Crippen LogP contribution is -2.26. The molecule has 0 aliphatic rings. The van der Waals surface area contributed by atoms with Crippen LogP contribution in [0, 0.1) is 0 Å². The molecule has 16 heavy (non-hydrogen) atoms. The number of ether oxygens (including phenoxy) is 1. The Hall–Kier alpha value is -1.22. The topological polar surface area (TPSA) is 38.3 Å². The molecule has 1 aromatic carbocycles. The van der Waals surface area contributed by atoms with Gasteiger partial charge in [-0.25, -0.2) is 0 Å². The van der Waals surface area contributed by atoms with Crippen molar-refractivity contribution in [3.63, 3.8) is 0 Å². The van der Waals surface area contributed by atoms with E-state index in [2.05, 4.69) is 5.32 Å². The number of hydrogen-bond acceptors (Lipinski definition) is 2. The van der Waals surface area contributed by atoms with E-state index in [-0.39, 0.29) is 5.91 Å². The third-order valence-corrected chi connectivity index (χ3v) is 2.44. The first-order valence-electron chi connectivity index (χ1n) is 5.22. The van der Waals surface area contributed by atoms with Gasteiger partial charge in [0.05, 0.1) is 13.5 Å². The van der Waals surface area contributed by atoms with Crippen molar-refractivity contribution in [3.8, 4) is 5.75 Å². The molecule has 0 aliphatic heterocycles. The van der Waals surface area contributed by atoms with Crippen molar-refractivity contribution < 1.29 is 9.53 Å². The van der Waals surface area contributed by atoms with Gasteiger partial charge in [-0.3, -0.25) is 4.79 Å². The van der Waals surface area contributed by atoms with Gasteiger partial charge in [-0.15, -0.1) is 11.6 Å². The monoisotopic (exact) mass is 241 g/mol. The maximum Gasteiger partial charge on any atom is 0.224 e. The lowest BCUT2D eigenvalue weighted by Gasteiger charge is -2.08. The molecular formula is C12H16ClNO2. The van der Waals surface area contributed by atoms with Crippen molar-refractivity contribution in [1.82, 2.24) is 5.32 Å². The van der Waals surface area contributed by atoms with E-state index in [0.717, 1.165) is 17.7 Å². The second-order valence-electron chi connectivity index (χ2n) is 3.38. The molecule has 0 unspecified atom stereocenters. The standard InChI is InChI=1S/C12H16ClNO2/c1-16-11-6-3-2-5-10(11)9-12(15)14-8-4-7-13/h2-3,5-6H,4,7-9H2,1H3,(H,14,15). The van der Waals surface area contributed by atoms with E-state index in [9.17, 15) is 4.79 Å². The lowest BCUT2D eigenvalue weighted by atomic mass is 10.1. The lowest BCUT2D eigenvalue weighted by molar-refractivity contribution is -0.120. The first kappa shape index (κ1) is 12.8. The Bertz CT molecular complexity index is 342. The number of halogens is 1. The summed E-state index contributed by atoms with van der Waals surface area (Å²) in [5, 5.41) is 2.80. The van der Waals surface area contributed by atoms with E-state index >= 15 is 0 Å². The van der Waals surface area contributed by atoms with E-state index in [0.29, 0.717) is 18.8 Å². The minimum Gasteiger partial charge on any atom is -0.496 e. The van der Waals surface area contributed by atoms with Crippen LogP contribution in [0.2, 0.25) is 0 Å². The summed E-state index contributed by atoms with van der Waals surface area (Å²) in [6.45, 7) is 0.623. The third-order valence-electron chi connectivity index (χ3n) is 2.18. The maximum atomic E-state index is 11.5. The predicted octanol–water partition coefficient (Wildman–Crippen LogP) is 1.98. The Morgan fingerprint density at radius 3 is 2.88 bits per heavy atom. The van der Waals surface area contributed by atoms with Gasteiger partial charge >= 0.3 is 0 Å². The van der Waals surface area contributed by atoms with E-state index in [1.807, 2.05) is 24.3 Å². The van der Waals surface area contributed by atoms with Gasteiger partial charge in [0.15, 0.2) is 0 Å². The second-order valence-corrected chi connectivity index (χ2v) is 3.76. The quantitative estimate of drug-likeness (QED) is 0.611. The summed E-state index contributed by atoms with van der Waals surface area (Å²) < 4.78 is 5.17. The first-order chi connectivity index (χ1) is 7.77. The molecule has 1 amide bonds. The number of para-hydroxylation sites is 1. The second kappa shape index (κ2) is 7.12. The largest absolute Gasteiger partial charge is 0.496 e. The minimum atomic E-state index is -0.00498. The Kier molecular flexibility index (Phi) is 5.72. The molecule has 4 heteroatoms. The molecule has 0 aromatic heterocycles. The number of hydrogen-bond donors (Lipinski definition) is 1. The molecule has 1 aromatic rings. The van der Waals surface area contributed by atoms with E-state index in [1.54, 1.807) is 7.11 Å². The molecule has 0 radical (unpaired) electrons. The molecule has 0 saturated carbocycles. The van der Waals surface area contributed by atoms with Crippen LogP contribution in [0.4, 0.5) is 0 Å². The minimum absolute atomic E-state index is 0.00498. The van der Waals surface area contributed by atoms with E-state index in [4.69, 9.17) is 16.3 Å². The number of amides is 1. The van der Waals surface area contributed by atoms with E-state index < -0.39 is 0 Å².